The van der Waals surface area contributed by atoms with Gasteiger partial charge in [0.05, 0.1) is 5.02 Å². The summed E-state index contributed by atoms with van der Waals surface area (Å²) in [6.45, 7) is 0. The van der Waals surface area contributed by atoms with Gasteiger partial charge in [-0.3, -0.25) is 4.98 Å². The van der Waals surface area contributed by atoms with E-state index in [1.165, 1.54) is 0 Å². The van der Waals surface area contributed by atoms with Gasteiger partial charge in [0.2, 0.25) is 5.28 Å². The molecule has 0 N–H and O–H groups in total. The largest absolute Gasteiger partial charge is 2.00 e. The minimum absolute atomic E-state index is 0. The van der Waals surface area contributed by atoms with Crippen molar-refractivity contribution in [2.45, 2.75) is 0 Å². The van der Waals surface area contributed by atoms with Crippen LogP contribution in [0.1, 0.15) is 0 Å². The molecule has 1 radical (unpaired) electrons. The van der Waals surface area contributed by atoms with Gasteiger partial charge in [-0.1, -0.05) is 23.2 Å². The molecule has 0 fully saturated rings. The molecule has 17 heavy (non-hydrogen) atoms. The Bertz CT molecular complexity index is 492. The van der Waals surface area contributed by atoms with Gasteiger partial charge in [0.25, 0.3) is 0 Å². The predicted molar refractivity (Wildman–Crippen MR) is 67.7 cm³/mol. The van der Waals surface area contributed by atoms with E-state index >= 15 is 0 Å². The standard InChI is InChI=1S/C10H4Cl3N2.CH3.V/c11-7-8(6-4-2-1-3-5-6)14-10(13)15-9(7)12;;/h1-4H;1H3;/q2*-1;+2. The predicted octanol–water partition coefficient (Wildman–Crippen LogP) is 4.35. The quantitative estimate of drug-likeness (QED) is 0.443. The number of halogens is 3. The van der Waals surface area contributed by atoms with E-state index in [-0.39, 0.29) is 41.4 Å². The molecule has 0 aliphatic rings. The van der Waals surface area contributed by atoms with E-state index in [0.717, 1.165) is 5.56 Å². The van der Waals surface area contributed by atoms with E-state index in [0.29, 0.717) is 5.69 Å². The minimum Gasteiger partial charge on any atom is -0.358 e. The monoisotopic (exact) mass is 323 g/mol. The number of aromatic nitrogens is 2. The first-order valence-corrected chi connectivity index (χ1v) is 5.17. The first-order valence-electron chi connectivity index (χ1n) is 4.04. The maximum absolute atomic E-state index is 5.96. The van der Waals surface area contributed by atoms with Gasteiger partial charge in [0.1, 0.15) is 5.15 Å². The third-order valence-electron chi connectivity index (χ3n) is 1.75. The average Bonchev–Trinajstić information content (AvgIpc) is 2.24. The summed E-state index contributed by atoms with van der Waals surface area (Å²) in [6.07, 6.45) is 0. The van der Waals surface area contributed by atoms with Gasteiger partial charge in [-0.05, 0) is 11.6 Å². The second-order valence-electron chi connectivity index (χ2n) is 2.72. The molecule has 0 amide bonds. The molecule has 0 saturated heterocycles. The van der Waals surface area contributed by atoms with Crippen LogP contribution in [0.25, 0.3) is 11.3 Å². The molecule has 1 aromatic heterocycles. The second kappa shape index (κ2) is 7.25. The van der Waals surface area contributed by atoms with Crippen LogP contribution in [0.15, 0.2) is 24.3 Å². The molecule has 0 spiro atoms. The molecular weight excluding hydrogens is 317 g/mol. The molecule has 0 aliphatic carbocycles. The van der Waals surface area contributed by atoms with E-state index < -0.39 is 0 Å². The Morgan fingerprint density at radius 1 is 1.06 bits per heavy atom. The van der Waals surface area contributed by atoms with E-state index in [9.17, 15) is 0 Å². The second-order valence-corrected chi connectivity index (χ2v) is 3.80. The zero-order chi connectivity index (χ0) is 10.8. The molecule has 2 nitrogen and oxygen atoms in total. The molecule has 0 aliphatic heterocycles. The molecule has 0 bridgehead atoms. The molecule has 6 heteroatoms. The smallest absolute Gasteiger partial charge is 0.358 e. The molecule has 87 valence electrons. The third kappa shape index (κ3) is 3.87. The van der Waals surface area contributed by atoms with E-state index in [1.54, 1.807) is 6.07 Å². The van der Waals surface area contributed by atoms with Gasteiger partial charge in [0.15, 0.2) is 0 Å². The van der Waals surface area contributed by atoms with Crippen LogP contribution in [0.2, 0.25) is 15.5 Å². The van der Waals surface area contributed by atoms with Crippen molar-refractivity contribution in [3.63, 3.8) is 0 Å². The SMILES string of the molecule is Clc1nc(Cl)c(Cl)c(-c2[c-]cccc2)n1.[CH3-].[V+2]. The van der Waals surface area contributed by atoms with Gasteiger partial charge < -0.3 is 7.43 Å². The van der Waals surface area contributed by atoms with Crippen LogP contribution < -0.4 is 0 Å². The topological polar surface area (TPSA) is 25.8 Å². The fraction of sp³-hybridized carbons (Fsp3) is 0. The summed E-state index contributed by atoms with van der Waals surface area (Å²) in [7, 11) is 0. The van der Waals surface area contributed by atoms with Gasteiger partial charge in [0, 0.05) is 5.69 Å². The molecule has 1 aromatic carbocycles. The molecular formula is C11H7Cl3N2V. The summed E-state index contributed by atoms with van der Waals surface area (Å²) in [5.41, 5.74) is 1.22. The van der Waals surface area contributed by atoms with Crippen molar-refractivity contribution in [3.05, 3.63) is 53.2 Å². The summed E-state index contributed by atoms with van der Waals surface area (Å²) < 4.78 is 0. The number of benzene rings is 1. The molecule has 0 saturated carbocycles. The maximum Gasteiger partial charge on any atom is 2.00 e. The van der Waals surface area contributed by atoms with Crippen molar-refractivity contribution in [3.8, 4) is 11.3 Å². The van der Waals surface area contributed by atoms with Gasteiger partial charge in [-0.25, -0.2) is 4.98 Å². The zero-order valence-electron chi connectivity index (χ0n) is 8.78. The Kier molecular flexibility index (Phi) is 7.14. The van der Waals surface area contributed by atoms with Crippen LogP contribution in [0, 0.1) is 13.5 Å². The van der Waals surface area contributed by atoms with Crippen molar-refractivity contribution in [1.29, 1.82) is 0 Å². The van der Waals surface area contributed by atoms with Gasteiger partial charge in [-0.2, -0.15) is 0 Å². The van der Waals surface area contributed by atoms with E-state index in [2.05, 4.69) is 16.0 Å². The number of rotatable bonds is 1. The fourth-order valence-corrected chi connectivity index (χ4v) is 1.68. The van der Waals surface area contributed by atoms with Crippen molar-refractivity contribution >= 4 is 34.8 Å². The average molecular weight is 324 g/mol. The number of nitrogens with zero attached hydrogens (tertiary/aromatic N) is 2. The first-order chi connectivity index (χ1) is 7.18. The van der Waals surface area contributed by atoms with Crippen molar-refractivity contribution in [1.82, 2.24) is 9.97 Å². The normalized spacial score (nSPS) is 9.12. The summed E-state index contributed by atoms with van der Waals surface area (Å²) in [5.74, 6) is 0. The molecule has 0 unspecified atom stereocenters. The van der Waals surface area contributed by atoms with Crippen molar-refractivity contribution in [2.75, 3.05) is 0 Å². The van der Waals surface area contributed by atoms with Crippen molar-refractivity contribution in [2.24, 2.45) is 0 Å². The third-order valence-corrected chi connectivity index (χ3v) is 2.64. The molecule has 1 heterocycles. The summed E-state index contributed by atoms with van der Waals surface area (Å²) in [6, 6.07) is 10.3. The van der Waals surface area contributed by atoms with Gasteiger partial charge >= 0.3 is 18.6 Å². The Labute approximate surface area is 127 Å². The van der Waals surface area contributed by atoms with Crippen molar-refractivity contribution < 1.29 is 18.6 Å². The van der Waals surface area contributed by atoms with Crippen LogP contribution >= 0.6 is 34.8 Å². The van der Waals surface area contributed by atoms with Crippen LogP contribution in [0.5, 0.6) is 0 Å². The van der Waals surface area contributed by atoms with Crippen LogP contribution in [0.3, 0.4) is 0 Å². The maximum atomic E-state index is 5.96. The molecule has 2 rings (SSSR count). The summed E-state index contributed by atoms with van der Waals surface area (Å²) in [5, 5.41) is 0.490. The van der Waals surface area contributed by atoms with Crippen LogP contribution in [-0.2, 0) is 18.6 Å². The fourth-order valence-electron chi connectivity index (χ4n) is 1.11. The van der Waals surface area contributed by atoms with Crippen LogP contribution in [0.4, 0.5) is 0 Å². The van der Waals surface area contributed by atoms with Gasteiger partial charge in [-0.15, -0.1) is 35.9 Å². The number of hydrogen-bond acceptors (Lipinski definition) is 2. The minimum atomic E-state index is 0. The number of hydrogen-bond donors (Lipinski definition) is 0. The van der Waals surface area contributed by atoms with E-state index in [4.69, 9.17) is 34.8 Å². The Balaban J connectivity index is 0.00000128. The molecule has 0 atom stereocenters. The Morgan fingerprint density at radius 3 is 2.35 bits per heavy atom. The Hall–Kier alpha value is -0.246. The van der Waals surface area contributed by atoms with E-state index in [1.807, 2.05) is 18.2 Å². The Morgan fingerprint density at radius 2 is 1.76 bits per heavy atom. The summed E-state index contributed by atoms with van der Waals surface area (Å²) >= 11 is 17.4. The molecule has 2 aromatic rings. The van der Waals surface area contributed by atoms with Crippen LogP contribution in [-0.4, -0.2) is 9.97 Å². The first kappa shape index (κ1) is 16.8. The summed E-state index contributed by atoms with van der Waals surface area (Å²) in [4.78, 5) is 7.74. The zero-order valence-corrected chi connectivity index (χ0v) is 12.4.